The second-order valence-electron chi connectivity index (χ2n) is 8.64. The van der Waals surface area contributed by atoms with Crippen molar-refractivity contribution in [2.45, 2.75) is 31.2 Å². The minimum Gasteiger partial charge on any atom is -0.368 e. The lowest BCUT2D eigenvalue weighted by atomic mass is 9.85. The number of hydrogen-bond acceptors (Lipinski definition) is 4. The van der Waals surface area contributed by atoms with Crippen LogP contribution >= 0.6 is 0 Å². The van der Waals surface area contributed by atoms with E-state index in [1.54, 1.807) is 4.90 Å². The molecule has 0 unspecified atom stereocenters. The van der Waals surface area contributed by atoms with Crippen molar-refractivity contribution in [1.29, 1.82) is 0 Å². The maximum absolute atomic E-state index is 13.4. The van der Waals surface area contributed by atoms with E-state index in [1.165, 1.54) is 5.56 Å². The molecule has 4 rings (SSSR count). The SMILES string of the molecule is NC(=O)CN1C(=O)N(CCc2ccccc2)C2(CCN(CCc3ccccc3)CC2)C1=O. The summed E-state index contributed by atoms with van der Waals surface area (Å²) in [5.41, 5.74) is 6.84. The lowest BCUT2D eigenvalue weighted by molar-refractivity contribution is -0.137. The van der Waals surface area contributed by atoms with Gasteiger partial charge in [0, 0.05) is 26.2 Å². The molecule has 2 aromatic rings. The Labute approximate surface area is 188 Å². The summed E-state index contributed by atoms with van der Waals surface area (Å²) < 4.78 is 0. The number of hydrogen-bond donors (Lipinski definition) is 1. The van der Waals surface area contributed by atoms with Gasteiger partial charge in [0.15, 0.2) is 0 Å². The van der Waals surface area contributed by atoms with Gasteiger partial charge in [-0.3, -0.25) is 14.5 Å². The molecule has 2 aliphatic heterocycles. The van der Waals surface area contributed by atoms with Crippen LogP contribution in [0, 0.1) is 0 Å². The zero-order valence-corrected chi connectivity index (χ0v) is 18.3. The van der Waals surface area contributed by atoms with E-state index < -0.39 is 17.5 Å². The molecule has 0 bridgehead atoms. The summed E-state index contributed by atoms with van der Waals surface area (Å²) in [7, 11) is 0. The maximum atomic E-state index is 13.4. The van der Waals surface area contributed by atoms with E-state index in [4.69, 9.17) is 5.73 Å². The Bertz CT molecular complexity index is 956. The van der Waals surface area contributed by atoms with Crippen LogP contribution in [0.15, 0.2) is 60.7 Å². The van der Waals surface area contributed by atoms with Crippen LogP contribution in [0.2, 0.25) is 0 Å². The molecule has 32 heavy (non-hydrogen) atoms. The lowest BCUT2D eigenvalue weighted by Crippen LogP contribution is -2.57. The second kappa shape index (κ2) is 9.53. The Hall–Kier alpha value is -3.19. The number of carbonyl (C=O) groups is 3. The van der Waals surface area contributed by atoms with Crippen molar-refractivity contribution in [3.8, 4) is 0 Å². The van der Waals surface area contributed by atoms with Crippen molar-refractivity contribution >= 4 is 17.8 Å². The van der Waals surface area contributed by atoms with Crippen LogP contribution < -0.4 is 5.73 Å². The Morgan fingerprint density at radius 1 is 0.844 bits per heavy atom. The van der Waals surface area contributed by atoms with Crippen LogP contribution in [-0.2, 0) is 22.4 Å². The van der Waals surface area contributed by atoms with E-state index in [9.17, 15) is 14.4 Å². The van der Waals surface area contributed by atoms with Crippen LogP contribution in [0.25, 0.3) is 0 Å². The Morgan fingerprint density at radius 2 is 1.38 bits per heavy atom. The van der Waals surface area contributed by atoms with Gasteiger partial charge in [-0.1, -0.05) is 60.7 Å². The fourth-order valence-electron chi connectivity index (χ4n) is 4.84. The average molecular weight is 435 g/mol. The number of imide groups is 1. The number of benzene rings is 2. The van der Waals surface area contributed by atoms with E-state index >= 15 is 0 Å². The molecule has 2 aromatic carbocycles. The first-order valence-electron chi connectivity index (χ1n) is 11.2. The highest BCUT2D eigenvalue weighted by atomic mass is 16.2. The van der Waals surface area contributed by atoms with Crippen LogP contribution in [0.3, 0.4) is 0 Å². The predicted molar refractivity (Wildman–Crippen MR) is 122 cm³/mol. The highest BCUT2D eigenvalue weighted by Gasteiger charge is 2.57. The van der Waals surface area contributed by atoms with Gasteiger partial charge in [0.25, 0.3) is 5.91 Å². The molecule has 0 atom stereocenters. The van der Waals surface area contributed by atoms with Crippen molar-refractivity contribution in [2.24, 2.45) is 5.73 Å². The van der Waals surface area contributed by atoms with E-state index in [-0.39, 0.29) is 12.5 Å². The zero-order chi connectivity index (χ0) is 22.6. The molecule has 0 aromatic heterocycles. The predicted octanol–water partition coefficient (Wildman–Crippen LogP) is 2.06. The van der Waals surface area contributed by atoms with Gasteiger partial charge in [-0.15, -0.1) is 0 Å². The van der Waals surface area contributed by atoms with Crippen LogP contribution in [0.1, 0.15) is 24.0 Å². The molecule has 7 heteroatoms. The molecule has 2 heterocycles. The highest BCUT2D eigenvalue weighted by molar-refractivity contribution is 6.09. The maximum Gasteiger partial charge on any atom is 0.328 e. The fraction of sp³-hybridized carbons (Fsp3) is 0.400. The topological polar surface area (TPSA) is 86.9 Å². The van der Waals surface area contributed by atoms with Crippen molar-refractivity contribution in [3.63, 3.8) is 0 Å². The van der Waals surface area contributed by atoms with Gasteiger partial charge < -0.3 is 15.5 Å². The molecule has 2 aliphatic rings. The Kier molecular flexibility index (Phi) is 6.55. The summed E-state index contributed by atoms with van der Waals surface area (Å²) >= 11 is 0. The second-order valence-corrected chi connectivity index (χ2v) is 8.64. The summed E-state index contributed by atoms with van der Waals surface area (Å²) in [6.07, 6.45) is 2.74. The van der Waals surface area contributed by atoms with Crippen molar-refractivity contribution in [3.05, 3.63) is 71.8 Å². The molecule has 168 valence electrons. The fourth-order valence-corrected chi connectivity index (χ4v) is 4.84. The summed E-state index contributed by atoms with van der Waals surface area (Å²) in [6.45, 7) is 2.46. The lowest BCUT2D eigenvalue weighted by Gasteiger charge is -2.42. The van der Waals surface area contributed by atoms with Crippen LogP contribution in [0.4, 0.5) is 4.79 Å². The molecular formula is C25H30N4O3. The van der Waals surface area contributed by atoms with Gasteiger partial charge in [0.05, 0.1) is 0 Å². The number of likely N-dealkylation sites (tertiary alicyclic amines) is 1. The van der Waals surface area contributed by atoms with E-state index in [0.29, 0.717) is 25.8 Å². The number of amides is 4. The first kappa shape index (κ1) is 22.0. The van der Waals surface area contributed by atoms with Crippen molar-refractivity contribution < 1.29 is 14.4 Å². The highest BCUT2D eigenvalue weighted by Crippen LogP contribution is 2.37. The number of nitrogens with two attached hydrogens (primary N) is 1. The van der Waals surface area contributed by atoms with E-state index in [0.717, 1.165) is 36.5 Å². The molecular weight excluding hydrogens is 404 g/mol. The van der Waals surface area contributed by atoms with Gasteiger partial charge in [0.1, 0.15) is 12.1 Å². The number of rotatable bonds is 8. The molecule has 1 spiro atoms. The van der Waals surface area contributed by atoms with Crippen molar-refractivity contribution in [2.75, 3.05) is 32.7 Å². The van der Waals surface area contributed by atoms with Gasteiger partial charge in [-0.25, -0.2) is 4.79 Å². The quantitative estimate of drug-likeness (QED) is 0.645. The number of nitrogens with zero attached hydrogens (tertiary/aromatic N) is 3. The summed E-state index contributed by atoms with van der Waals surface area (Å²) in [6, 6.07) is 19.9. The van der Waals surface area contributed by atoms with Gasteiger partial charge in [0.2, 0.25) is 5.91 Å². The standard InChI is InChI=1S/C25H30N4O3/c26-22(30)19-28-23(31)25(29(24(28)32)16-12-21-9-5-2-6-10-21)13-17-27(18-14-25)15-11-20-7-3-1-4-8-20/h1-10H,11-19H2,(H2,26,30). The third kappa shape index (κ3) is 4.53. The largest absolute Gasteiger partial charge is 0.368 e. The number of primary amides is 1. The van der Waals surface area contributed by atoms with Crippen LogP contribution in [-0.4, -0.2) is 70.8 Å². The normalized spacial score (nSPS) is 18.5. The van der Waals surface area contributed by atoms with Gasteiger partial charge in [-0.2, -0.15) is 0 Å². The Morgan fingerprint density at radius 3 is 1.91 bits per heavy atom. The summed E-state index contributed by atoms with van der Waals surface area (Å²) in [5, 5.41) is 0. The minimum absolute atomic E-state index is 0.280. The monoisotopic (exact) mass is 434 g/mol. The minimum atomic E-state index is -0.884. The van der Waals surface area contributed by atoms with E-state index in [1.807, 2.05) is 48.5 Å². The van der Waals surface area contributed by atoms with E-state index in [2.05, 4.69) is 17.0 Å². The van der Waals surface area contributed by atoms with Gasteiger partial charge in [-0.05, 0) is 36.8 Å². The molecule has 7 nitrogen and oxygen atoms in total. The van der Waals surface area contributed by atoms with Gasteiger partial charge >= 0.3 is 6.03 Å². The molecule has 0 saturated carbocycles. The molecule has 0 radical (unpaired) electrons. The molecule has 2 N–H and O–H groups in total. The molecule has 0 aliphatic carbocycles. The molecule has 2 saturated heterocycles. The zero-order valence-electron chi connectivity index (χ0n) is 18.3. The van der Waals surface area contributed by atoms with Crippen molar-refractivity contribution in [1.82, 2.24) is 14.7 Å². The molecule has 4 amide bonds. The third-order valence-electron chi connectivity index (χ3n) is 6.65. The smallest absolute Gasteiger partial charge is 0.328 e. The first-order valence-corrected chi connectivity index (χ1v) is 11.2. The average Bonchev–Trinajstić information content (AvgIpc) is 2.99. The number of piperidine rings is 1. The number of urea groups is 1. The third-order valence-corrected chi connectivity index (χ3v) is 6.65. The first-order chi connectivity index (χ1) is 15.5. The summed E-state index contributed by atoms with van der Waals surface area (Å²) in [4.78, 5) is 43.1. The number of carbonyl (C=O) groups excluding carboxylic acids is 3. The summed E-state index contributed by atoms with van der Waals surface area (Å²) in [5.74, 6) is -0.955. The van der Waals surface area contributed by atoms with Crippen LogP contribution in [0.5, 0.6) is 0 Å². The molecule has 2 fully saturated rings. The Balaban J connectivity index is 1.46.